The third kappa shape index (κ3) is 11.5. The van der Waals surface area contributed by atoms with Crippen LogP contribution < -0.4 is 16.1 Å². The van der Waals surface area contributed by atoms with E-state index in [0.29, 0.717) is 38.0 Å². The van der Waals surface area contributed by atoms with E-state index in [1.807, 2.05) is 48.5 Å². The molecule has 0 fully saturated rings. The summed E-state index contributed by atoms with van der Waals surface area (Å²) in [6, 6.07) is 17.9. The minimum absolute atomic E-state index is 0.193. The number of alkyl carbamates (subject to hydrolysis) is 1. The first-order valence-corrected chi connectivity index (χ1v) is 11.5. The van der Waals surface area contributed by atoms with Crippen LogP contribution in [0.2, 0.25) is 0 Å². The molecule has 8 nitrogen and oxygen atoms in total. The number of hydroxylamine groups is 1. The van der Waals surface area contributed by atoms with Crippen LogP contribution in [-0.2, 0) is 25.8 Å². The van der Waals surface area contributed by atoms with Gasteiger partial charge in [-0.25, -0.2) is 10.3 Å². The molecule has 2 aromatic rings. The molecule has 34 heavy (non-hydrogen) atoms. The zero-order chi connectivity index (χ0) is 24.8. The number of anilines is 1. The summed E-state index contributed by atoms with van der Waals surface area (Å²) in [5.41, 5.74) is 3.40. The van der Waals surface area contributed by atoms with Crippen LogP contribution in [-0.4, -0.2) is 29.6 Å². The fourth-order valence-corrected chi connectivity index (χ4v) is 3.11. The van der Waals surface area contributed by atoms with Gasteiger partial charge in [0.2, 0.25) is 11.8 Å². The molecule has 0 saturated heterocycles. The maximum Gasteiger partial charge on any atom is 0.408 e. The van der Waals surface area contributed by atoms with Crippen molar-refractivity contribution >= 4 is 23.6 Å². The molecular weight excluding hydrogens is 434 g/mol. The summed E-state index contributed by atoms with van der Waals surface area (Å²) < 4.78 is 5.30. The van der Waals surface area contributed by atoms with E-state index in [-0.39, 0.29) is 11.8 Å². The molecule has 0 radical (unpaired) electrons. The number of carbonyl (C=O) groups is 3. The predicted octanol–water partition coefficient (Wildman–Crippen LogP) is 4.72. The van der Waals surface area contributed by atoms with Crippen molar-refractivity contribution in [1.82, 2.24) is 10.8 Å². The minimum Gasteiger partial charge on any atom is -0.444 e. The molecule has 0 aromatic heterocycles. The van der Waals surface area contributed by atoms with Gasteiger partial charge in [-0.3, -0.25) is 14.4 Å². The summed E-state index contributed by atoms with van der Waals surface area (Å²) in [5.74, 6) is -0.509. The van der Waals surface area contributed by atoms with Crippen molar-refractivity contribution < 1.29 is 24.0 Å². The molecule has 1 atom stereocenters. The van der Waals surface area contributed by atoms with Gasteiger partial charge in [0.25, 0.3) is 0 Å². The van der Waals surface area contributed by atoms with Gasteiger partial charge in [-0.05, 0) is 51.3 Å². The molecule has 0 aliphatic carbocycles. The van der Waals surface area contributed by atoms with Gasteiger partial charge in [0.05, 0.1) is 6.61 Å². The largest absolute Gasteiger partial charge is 0.444 e. The zero-order valence-electron chi connectivity index (χ0n) is 20.1. The summed E-state index contributed by atoms with van der Waals surface area (Å²) in [6.45, 7) is 5.60. The van der Waals surface area contributed by atoms with Crippen molar-refractivity contribution in [3.63, 3.8) is 0 Å². The summed E-state index contributed by atoms with van der Waals surface area (Å²) in [6.07, 6.45) is 2.10. The molecule has 2 aromatic carbocycles. The molecule has 3 amide bonds. The molecule has 2 rings (SSSR count). The number of benzene rings is 2. The average Bonchev–Trinajstić information content (AvgIpc) is 2.78. The highest BCUT2D eigenvalue weighted by atomic mass is 16.6. The van der Waals surface area contributed by atoms with Crippen molar-refractivity contribution in [2.45, 2.75) is 71.1 Å². The van der Waals surface area contributed by atoms with Crippen molar-refractivity contribution in [3.8, 4) is 0 Å². The SMILES string of the molecule is CC(C)(C)OC(=O)N[C@@H](CCCCCC(=O)NOCc1ccccc1)C(=O)Nc1ccccc1. The molecule has 3 N–H and O–H groups in total. The lowest BCUT2D eigenvalue weighted by Crippen LogP contribution is -2.45. The normalized spacial score (nSPS) is 11.9. The lowest BCUT2D eigenvalue weighted by Gasteiger charge is -2.23. The number of unbranched alkanes of at least 4 members (excludes halogenated alkanes) is 2. The number of nitrogens with one attached hydrogen (secondary N) is 3. The Bertz CT molecular complexity index is 898. The lowest BCUT2D eigenvalue weighted by atomic mass is 10.1. The Morgan fingerprint density at radius 3 is 2.18 bits per heavy atom. The molecule has 184 valence electrons. The molecule has 0 bridgehead atoms. The number of hydrogen-bond acceptors (Lipinski definition) is 5. The highest BCUT2D eigenvalue weighted by Gasteiger charge is 2.24. The Hall–Kier alpha value is -3.39. The summed E-state index contributed by atoms with van der Waals surface area (Å²) in [7, 11) is 0. The van der Waals surface area contributed by atoms with Crippen LogP contribution in [0.25, 0.3) is 0 Å². The lowest BCUT2D eigenvalue weighted by molar-refractivity contribution is -0.134. The van der Waals surface area contributed by atoms with Crippen LogP contribution in [0, 0.1) is 0 Å². The Labute approximate surface area is 201 Å². The summed E-state index contributed by atoms with van der Waals surface area (Å²) >= 11 is 0. The van der Waals surface area contributed by atoms with E-state index in [2.05, 4.69) is 16.1 Å². The summed E-state index contributed by atoms with van der Waals surface area (Å²) in [4.78, 5) is 42.2. The first-order chi connectivity index (χ1) is 16.2. The van der Waals surface area contributed by atoms with Crippen LogP contribution in [0.5, 0.6) is 0 Å². The van der Waals surface area contributed by atoms with Crippen molar-refractivity contribution in [1.29, 1.82) is 0 Å². The highest BCUT2D eigenvalue weighted by Crippen LogP contribution is 2.12. The van der Waals surface area contributed by atoms with E-state index in [1.54, 1.807) is 32.9 Å². The Kier molecular flexibility index (Phi) is 11.1. The number of ether oxygens (including phenoxy) is 1. The summed E-state index contributed by atoms with van der Waals surface area (Å²) in [5, 5.41) is 5.48. The van der Waals surface area contributed by atoms with Gasteiger partial charge >= 0.3 is 6.09 Å². The van der Waals surface area contributed by atoms with Gasteiger partial charge in [-0.2, -0.15) is 0 Å². The van der Waals surface area contributed by atoms with Crippen LogP contribution in [0.1, 0.15) is 58.4 Å². The molecule has 8 heteroatoms. The fraction of sp³-hybridized carbons (Fsp3) is 0.423. The number of amides is 3. The van der Waals surface area contributed by atoms with Gasteiger partial charge in [0.15, 0.2) is 0 Å². The van der Waals surface area contributed by atoms with E-state index >= 15 is 0 Å². The highest BCUT2D eigenvalue weighted by molar-refractivity contribution is 5.96. The number of carbonyl (C=O) groups excluding carboxylic acids is 3. The Morgan fingerprint density at radius 2 is 1.53 bits per heavy atom. The van der Waals surface area contributed by atoms with Crippen LogP contribution in [0.15, 0.2) is 60.7 Å². The second-order valence-corrected chi connectivity index (χ2v) is 8.95. The van der Waals surface area contributed by atoms with E-state index in [9.17, 15) is 14.4 Å². The van der Waals surface area contributed by atoms with E-state index in [4.69, 9.17) is 9.57 Å². The standard InChI is InChI=1S/C26H35N3O5/c1-26(2,3)34-25(32)28-22(24(31)27-21-15-9-5-10-16-21)17-11-6-12-18-23(30)29-33-19-20-13-7-4-8-14-20/h4-5,7-10,13-16,22H,6,11-12,17-19H2,1-3H3,(H,27,31)(H,28,32)(H,29,30)/t22-/m0/s1. The number of hydrogen-bond donors (Lipinski definition) is 3. The van der Waals surface area contributed by atoms with Crippen molar-refractivity contribution in [2.24, 2.45) is 0 Å². The maximum absolute atomic E-state index is 12.8. The molecule has 0 aliphatic heterocycles. The maximum atomic E-state index is 12.8. The molecule has 0 aliphatic rings. The molecule has 0 unspecified atom stereocenters. The van der Waals surface area contributed by atoms with E-state index in [0.717, 1.165) is 12.0 Å². The quantitative estimate of drug-likeness (QED) is 0.308. The number of rotatable bonds is 12. The molecule has 0 spiro atoms. The zero-order valence-corrected chi connectivity index (χ0v) is 20.1. The predicted molar refractivity (Wildman–Crippen MR) is 131 cm³/mol. The first kappa shape index (κ1) is 26.9. The van der Waals surface area contributed by atoms with Crippen LogP contribution in [0.3, 0.4) is 0 Å². The topological polar surface area (TPSA) is 106 Å². The van der Waals surface area contributed by atoms with E-state index < -0.39 is 17.7 Å². The third-order valence-electron chi connectivity index (χ3n) is 4.71. The monoisotopic (exact) mass is 469 g/mol. The van der Waals surface area contributed by atoms with Crippen molar-refractivity contribution in [3.05, 3.63) is 66.2 Å². The van der Waals surface area contributed by atoms with E-state index in [1.165, 1.54) is 0 Å². The number of para-hydroxylation sites is 1. The van der Waals surface area contributed by atoms with Crippen LogP contribution in [0.4, 0.5) is 10.5 Å². The van der Waals surface area contributed by atoms with Crippen molar-refractivity contribution in [2.75, 3.05) is 5.32 Å². The van der Waals surface area contributed by atoms with Gasteiger partial charge in [-0.1, -0.05) is 61.4 Å². The second kappa shape index (κ2) is 14.0. The van der Waals surface area contributed by atoms with Crippen LogP contribution >= 0.6 is 0 Å². The van der Waals surface area contributed by atoms with Gasteiger partial charge in [-0.15, -0.1) is 0 Å². The third-order valence-corrected chi connectivity index (χ3v) is 4.71. The smallest absolute Gasteiger partial charge is 0.408 e. The minimum atomic E-state index is -0.752. The van der Waals surface area contributed by atoms with Gasteiger partial charge < -0.3 is 15.4 Å². The molecule has 0 heterocycles. The van der Waals surface area contributed by atoms with Gasteiger partial charge in [0, 0.05) is 12.1 Å². The molecule has 0 saturated carbocycles. The second-order valence-electron chi connectivity index (χ2n) is 8.95. The fourth-order valence-electron chi connectivity index (χ4n) is 3.11. The first-order valence-electron chi connectivity index (χ1n) is 11.5. The Balaban J connectivity index is 1.74. The molecular formula is C26H35N3O5. The Morgan fingerprint density at radius 1 is 0.882 bits per heavy atom. The van der Waals surface area contributed by atoms with Gasteiger partial charge in [0.1, 0.15) is 11.6 Å². The average molecular weight is 470 g/mol.